The number of aryl methyl sites for hydroxylation is 1. The van der Waals surface area contributed by atoms with Gasteiger partial charge in [-0.2, -0.15) is 0 Å². The fraction of sp³-hybridized carbons (Fsp3) is 0.667. The molecule has 1 aliphatic rings. The molecule has 1 aliphatic heterocycles. The van der Waals surface area contributed by atoms with Crippen LogP contribution >= 0.6 is 11.6 Å². The molecule has 0 aliphatic carbocycles. The van der Waals surface area contributed by atoms with Gasteiger partial charge in [-0.05, 0) is 38.8 Å². The SMILES string of the molecule is Cc1cc(Cl)nc(CN2CCC(C(C)O)C2)n1. The highest BCUT2D eigenvalue weighted by Crippen LogP contribution is 2.21. The maximum Gasteiger partial charge on any atom is 0.144 e. The van der Waals surface area contributed by atoms with E-state index in [2.05, 4.69) is 14.9 Å². The van der Waals surface area contributed by atoms with Crippen molar-refractivity contribution in [1.29, 1.82) is 0 Å². The number of rotatable bonds is 3. The van der Waals surface area contributed by atoms with E-state index >= 15 is 0 Å². The predicted octanol–water partition coefficient (Wildman–Crippen LogP) is 1.64. The number of aromatic nitrogens is 2. The van der Waals surface area contributed by atoms with E-state index in [9.17, 15) is 5.11 Å². The van der Waals surface area contributed by atoms with Crippen molar-refractivity contribution in [3.8, 4) is 0 Å². The van der Waals surface area contributed by atoms with Gasteiger partial charge in [-0.3, -0.25) is 4.90 Å². The first-order chi connectivity index (χ1) is 8.04. The van der Waals surface area contributed by atoms with Crippen LogP contribution in [0, 0.1) is 12.8 Å². The highest BCUT2D eigenvalue weighted by atomic mass is 35.5. The van der Waals surface area contributed by atoms with Crippen LogP contribution in [0.25, 0.3) is 0 Å². The molecule has 0 radical (unpaired) electrons. The first-order valence-corrected chi connectivity index (χ1v) is 6.33. The summed E-state index contributed by atoms with van der Waals surface area (Å²) in [5.41, 5.74) is 0.895. The summed E-state index contributed by atoms with van der Waals surface area (Å²) in [5.74, 6) is 1.14. The zero-order valence-electron chi connectivity index (χ0n) is 10.2. The molecular formula is C12H18ClN3O. The third-order valence-electron chi connectivity index (χ3n) is 3.23. The molecule has 4 nitrogen and oxygen atoms in total. The first kappa shape index (κ1) is 12.7. The summed E-state index contributed by atoms with van der Waals surface area (Å²) in [6.07, 6.45) is 0.805. The summed E-state index contributed by atoms with van der Waals surface area (Å²) >= 11 is 5.91. The number of nitrogens with zero attached hydrogens (tertiary/aromatic N) is 3. The third-order valence-corrected chi connectivity index (χ3v) is 3.42. The first-order valence-electron chi connectivity index (χ1n) is 5.95. The summed E-state index contributed by atoms with van der Waals surface area (Å²) < 4.78 is 0. The van der Waals surface area contributed by atoms with Crippen molar-refractivity contribution in [2.75, 3.05) is 13.1 Å². The van der Waals surface area contributed by atoms with Crippen molar-refractivity contribution in [1.82, 2.24) is 14.9 Å². The molecule has 2 atom stereocenters. The third kappa shape index (κ3) is 3.37. The molecule has 2 heterocycles. The number of aliphatic hydroxyl groups is 1. The van der Waals surface area contributed by atoms with Gasteiger partial charge in [-0.15, -0.1) is 0 Å². The Hall–Kier alpha value is -0.710. The molecule has 0 spiro atoms. The molecule has 0 bridgehead atoms. The van der Waals surface area contributed by atoms with Gasteiger partial charge in [0.15, 0.2) is 0 Å². The van der Waals surface area contributed by atoms with Gasteiger partial charge in [0.25, 0.3) is 0 Å². The highest BCUT2D eigenvalue weighted by molar-refractivity contribution is 6.29. The Morgan fingerprint density at radius 2 is 2.35 bits per heavy atom. The maximum absolute atomic E-state index is 9.55. The summed E-state index contributed by atoms with van der Waals surface area (Å²) in [6.45, 7) is 6.38. The van der Waals surface area contributed by atoms with Crippen molar-refractivity contribution < 1.29 is 5.11 Å². The van der Waals surface area contributed by atoms with Crippen LogP contribution in [0.4, 0.5) is 0 Å². The molecule has 0 saturated carbocycles. The van der Waals surface area contributed by atoms with Crippen LogP contribution in [0.2, 0.25) is 5.15 Å². The second-order valence-electron chi connectivity index (χ2n) is 4.77. The van der Waals surface area contributed by atoms with E-state index in [0.717, 1.165) is 31.0 Å². The lowest BCUT2D eigenvalue weighted by atomic mass is 10.0. The number of hydrogen-bond acceptors (Lipinski definition) is 4. The van der Waals surface area contributed by atoms with Gasteiger partial charge in [0.1, 0.15) is 11.0 Å². The monoisotopic (exact) mass is 255 g/mol. The molecule has 0 amide bonds. The fourth-order valence-corrected chi connectivity index (χ4v) is 2.51. The van der Waals surface area contributed by atoms with E-state index in [0.29, 0.717) is 17.6 Å². The van der Waals surface area contributed by atoms with Crippen LogP contribution in [0.3, 0.4) is 0 Å². The number of hydrogen-bond donors (Lipinski definition) is 1. The van der Waals surface area contributed by atoms with Crippen molar-refractivity contribution in [2.45, 2.75) is 32.9 Å². The van der Waals surface area contributed by atoms with Gasteiger partial charge in [0.05, 0.1) is 12.6 Å². The lowest BCUT2D eigenvalue weighted by molar-refractivity contribution is 0.127. The molecule has 1 aromatic heterocycles. The van der Waals surface area contributed by atoms with Gasteiger partial charge in [-0.25, -0.2) is 9.97 Å². The number of likely N-dealkylation sites (tertiary alicyclic amines) is 1. The summed E-state index contributed by atoms with van der Waals surface area (Å²) in [7, 11) is 0. The predicted molar refractivity (Wildman–Crippen MR) is 66.8 cm³/mol. The maximum atomic E-state index is 9.55. The van der Waals surface area contributed by atoms with E-state index in [1.807, 2.05) is 13.8 Å². The molecule has 1 N–H and O–H groups in total. The fourth-order valence-electron chi connectivity index (χ4n) is 2.26. The molecule has 1 aromatic rings. The van der Waals surface area contributed by atoms with E-state index in [4.69, 9.17) is 11.6 Å². The zero-order valence-corrected chi connectivity index (χ0v) is 11.0. The largest absolute Gasteiger partial charge is 0.393 e. The van der Waals surface area contributed by atoms with Gasteiger partial charge in [0.2, 0.25) is 0 Å². The Kier molecular flexibility index (Phi) is 3.97. The molecule has 0 aromatic carbocycles. The van der Waals surface area contributed by atoms with E-state index in [1.54, 1.807) is 6.07 Å². The quantitative estimate of drug-likeness (QED) is 0.835. The Labute approximate surface area is 107 Å². The number of aliphatic hydroxyl groups excluding tert-OH is 1. The van der Waals surface area contributed by atoms with Crippen LogP contribution in [0.1, 0.15) is 24.9 Å². The Morgan fingerprint density at radius 3 is 2.94 bits per heavy atom. The minimum atomic E-state index is -0.234. The van der Waals surface area contributed by atoms with E-state index in [-0.39, 0.29) is 6.10 Å². The molecular weight excluding hydrogens is 238 g/mol. The second kappa shape index (κ2) is 5.29. The Bertz CT molecular complexity index is 377. The second-order valence-corrected chi connectivity index (χ2v) is 5.16. The minimum absolute atomic E-state index is 0.234. The van der Waals surface area contributed by atoms with Crippen LogP contribution < -0.4 is 0 Å². The van der Waals surface area contributed by atoms with Crippen molar-refractivity contribution in [3.63, 3.8) is 0 Å². The topological polar surface area (TPSA) is 49.2 Å². The molecule has 2 rings (SSSR count). The van der Waals surface area contributed by atoms with Crippen molar-refractivity contribution in [3.05, 3.63) is 22.7 Å². The van der Waals surface area contributed by atoms with Crippen molar-refractivity contribution in [2.24, 2.45) is 5.92 Å². The van der Waals surface area contributed by atoms with Gasteiger partial charge in [-0.1, -0.05) is 11.6 Å². The standard InChI is InChI=1S/C12H18ClN3O/c1-8-5-11(13)15-12(14-8)7-16-4-3-10(6-16)9(2)17/h5,9-10,17H,3-4,6-7H2,1-2H3. The minimum Gasteiger partial charge on any atom is -0.393 e. The molecule has 1 saturated heterocycles. The molecule has 94 valence electrons. The van der Waals surface area contributed by atoms with Crippen molar-refractivity contribution >= 4 is 11.6 Å². The summed E-state index contributed by atoms with van der Waals surface area (Å²) in [4.78, 5) is 10.9. The lowest BCUT2D eigenvalue weighted by Gasteiger charge is -2.16. The zero-order chi connectivity index (χ0) is 12.4. The van der Waals surface area contributed by atoms with E-state index in [1.165, 1.54) is 0 Å². The smallest absolute Gasteiger partial charge is 0.144 e. The molecule has 17 heavy (non-hydrogen) atoms. The van der Waals surface area contributed by atoms with Crippen LogP contribution in [-0.2, 0) is 6.54 Å². The normalized spacial score (nSPS) is 22.9. The lowest BCUT2D eigenvalue weighted by Crippen LogP contribution is -2.24. The molecule has 2 unspecified atom stereocenters. The van der Waals surface area contributed by atoms with Gasteiger partial charge >= 0.3 is 0 Å². The molecule has 1 fully saturated rings. The number of halogens is 1. The van der Waals surface area contributed by atoms with Gasteiger partial charge in [0, 0.05) is 12.2 Å². The Morgan fingerprint density at radius 1 is 1.59 bits per heavy atom. The van der Waals surface area contributed by atoms with Gasteiger partial charge < -0.3 is 5.11 Å². The average molecular weight is 256 g/mol. The van der Waals surface area contributed by atoms with Crippen LogP contribution in [0.5, 0.6) is 0 Å². The summed E-state index contributed by atoms with van der Waals surface area (Å²) in [6, 6.07) is 1.76. The highest BCUT2D eigenvalue weighted by Gasteiger charge is 2.26. The van der Waals surface area contributed by atoms with Crippen LogP contribution in [0.15, 0.2) is 6.07 Å². The molecule has 5 heteroatoms. The van der Waals surface area contributed by atoms with Crippen LogP contribution in [-0.4, -0.2) is 39.2 Å². The van der Waals surface area contributed by atoms with E-state index < -0.39 is 0 Å². The Balaban J connectivity index is 1.98. The average Bonchev–Trinajstić information content (AvgIpc) is 2.64. The summed E-state index contributed by atoms with van der Waals surface area (Å²) in [5, 5.41) is 10.0.